The number of methoxy groups -OCH3 is 1. The van der Waals surface area contributed by atoms with Crippen molar-refractivity contribution in [1.82, 2.24) is 24.6 Å². The summed E-state index contributed by atoms with van der Waals surface area (Å²) in [5.74, 6) is 1.41. The highest BCUT2D eigenvalue weighted by molar-refractivity contribution is 5.99. The highest BCUT2D eigenvalue weighted by atomic mass is 16.5. The molecule has 26 heavy (non-hydrogen) atoms. The number of carbonyl (C=O) groups excluding carboxylic acids is 1. The Morgan fingerprint density at radius 1 is 1.35 bits per heavy atom. The summed E-state index contributed by atoms with van der Waals surface area (Å²) in [7, 11) is 3.51. The predicted octanol–water partition coefficient (Wildman–Crippen LogP) is 1.21. The van der Waals surface area contributed by atoms with Crippen LogP contribution >= 0.6 is 0 Å². The highest BCUT2D eigenvalue weighted by Gasteiger charge is 2.22. The fourth-order valence-electron chi connectivity index (χ4n) is 3.58. The number of ether oxygens (including phenoxy) is 1. The normalized spacial score (nSPS) is 16.9. The summed E-state index contributed by atoms with van der Waals surface area (Å²) in [6.45, 7) is 0.557. The summed E-state index contributed by atoms with van der Waals surface area (Å²) in [4.78, 5) is 24.5. The van der Waals surface area contributed by atoms with Gasteiger partial charge in [0.05, 0.1) is 7.11 Å². The number of hydrogen-bond acceptors (Lipinski definition) is 4. The lowest BCUT2D eigenvalue weighted by Crippen LogP contribution is -2.36. The number of nitrogens with one attached hydrogen (secondary N) is 2. The van der Waals surface area contributed by atoms with Crippen LogP contribution in [0.15, 0.2) is 29.1 Å². The number of H-pyrrole nitrogens is 1. The van der Waals surface area contributed by atoms with Crippen molar-refractivity contribution in [2.45, 2.75) is 31.8 Å². The second-order valence-corrected chi connectivity index (χ2v) is 6.61. The van der Waals surface area contributed by atoms with Crippen LogP contribution in [0.3, 0.4) is 0 Å². The van der Waals surface area contributed by atoms with Crippen LogP contribution < -0.4 is 15.7 Å². The van der Waals surface area contributed by atoms with Crippen molar-refractivity contribution in [3.8, 4) is 5.75 Å². The third-order valence-electron chi connectivity index (χ3n) is 5.07. The van der Waals surface area contributed by atoms with Crippen molar-refractivity contribution in [1.29, 1.82) is 0 Å². The van der Waals surface area contributed by atoms with Crippen molar-refractivity contribution in [2.75, 3.05) is 7.11 Å². The molecule has 0 saturated heterocycles. The zero-order chi connectivity index (χ0) is 18.3. The minimum atomic E-state index is -0.186. The van der Waals surface area contributed by atoms with Crippen LogP contribution in [0.4, 0.5) is 0 Å². The average molecular weight is 355 g/mol. The molecule has 1 aliphatic heterocycles. The van der Waals surface area contributed by atoms with Crippen molar-refractivity contribution in [3.63, 3.8) is 0 Å². The Morgan fingerprint density at radius 2 is 2.19 bits per heavy atom. The number of fused-ring (bicyclic) bond motifs is 2. The number of nitrogens with zero attached hydrogens (tertiary/aromatic N) is 3. The van der Waals surface area contributed by atoms with Gasteiger partial charge in [-0.15, -0.1) is 0 Å². The molecule has 0 fully saturated rings. The van der Waals surface area contributed by atoms with E-state index in [4.69, 9.17) is 4.74 Å². The van der Waals surface area contributed by atoms with Gasteiger partial charge in [0.2, 0.25) is 0 Å². The monoisotopic (exact) mass is 355 g/mol. The molecule has 1 amide bonds. The van der Waals surface area contributed by atoms with E-state index in [0.717, 1.165) is 28.9 Å². The van der Waals surface area contributed by atoms with E-state index in [9.17, 15) is 9.59 Å². The third kappa shape index (κ3) is 2.77. The number of aromatic amines is 1. The molecule has 1 aliphatic rings. The maximum atomic E-state index is 12.8. The molecular formula is C18H21N5O3. The number of aromatic nitrogens is 4. The summed E-state index contributed by atoms with van der Waals surface area (Å²) in [6, 6.07) is 7.63. The molecule has 1 aromatic carbocycles. The van der Waals surface area contributed by atoms with Gasteiger partial charge in [-0.1, -0.05) is 0 Å². The molecule has 0 spiro atoms. The Balaban J connectivity index is 1.52. The maximum absolute atomic E-state index is 12.8. The summed E-state index contributed by atoms with van der Waals surface area (Å²) < 4.78 is 8.79. The predicted molar refractivity (Wildman–Crippen MR) is 96.5 cm³/mol. The van der Waals surface area contributed by atoms with Crippen LogP contribution in [0.1, 0.15) is 29.2 Å². The lowest BCUT2D eigenvalue weighted by Gasteiger charge is -2.16. The second kappa shape index (κ2) is 6.36. The van der Waals surface area contributed by atoms with Gasteiger partial charge < -0.3 is 14.6 Å². The molecule has 0 saturated carbocycles. The first-order valence-corrected chi connectivity index (χ1v) is 8.65. The molecule has 1 unspecified atom stereocenters. The molecule has 2 N–H and O–H groups in total. The van der Waals surface area contributed by atoms with Gasteiger partial charge in [-0.3, -0.25) is 9.36 Å². The van der Waals surface area contributed by atoms with Crippen LogP contribution in [-0.4, -0.2) is 38.4 Å². The number of aryl methyl sites for hydroxylation is 2. The van der Waals surface area contributed by atoms with E-state index in [1.165, 1.54) is 0 Å². The lowest BCUT2D eigenvalue weighted by atomic mass is 10.1. The highest BCUT2D eigenvalue weighted by Crippen LogP contribution is 2.24. The van der Waals surface area contributed by atoms with Crippen molar-refractivity contribution < 1.29 is 9.53 Å². The second-order valence-electron chi connectivity index (χ2n) is 6.61. The third-order valence-corrected chi connectivity index (χ3v) is 5.07. The molecule has 8 heteroatoms. The zero-order valence-electron chi connectivity index (χ0n) is 14.8. The SMILES string of the molecule is COc1ccc2c(c1)cc(C(=O)NC1CCc3n[nH]c(=O)n3CC1)n2C. The summed E-state index contributed by atoms with van der Waals surface area (Å²) in [6.07, 6.45) is 2.12. The Morgan fingerprint density at radius 3 is 3.00 bits per heavy atom. The van der Waals surface area contributed by atoms with E-state index >= 15 is 0 Å². The van der Waals surface area contributed by atoms with Crippen molar-refractivity contribution in [2.24, 2.45) is 7.05 Å². The standard InChI is InChI=1S/C18H21N5O3/c1-22-14-5-4-13(26-2)9-11(14)10-15(22)17(24)19-12-3-6-16-20-21-18(25)23(16)8-7-12/h4-5,9-10,12H,3,6-8H2,1-2H3,(H,19,24)(H,21,25). The molecule has 8 nitrogen and oxygen atoms in total. The summed E-state index contributed by atoms with van der Waals surface area (Å²) in [5, 5.41) is 10.6. The van der Waals surface area contributed by atoms with Crippen LogP contribution in [0.2, 0.25) is 0 Å². The maximum Gasteiger partial charge on any atom is 0.343 e. The van der Waals surface area contributed by atoms with Crippen LogP contribution in [-0.2, 0) is 20.0 Å². The van der Waals surface area contributed by atoms with E-state index in [1.807, 2.05) is 35.9 Å². The number of rotatable bonds is 3. The molecule has 2 aromatic heterocycles. The van der Waals surface area contributed by atoms with Gasteiger partial charge in [-0.05, 0) is 37.1 Å². The molecule has 136 valence electrons. The quantitative estimate of drug-likeness (QED) is 0.738. The van der Waals surface area contributed by atoms with E-state index in [2.05, 4.69) is 15.5 Å². The molecular weight excluding hydrogens is 334 g/mol. The van der Waals surface area contributed by atoms with Crippen molar-refractivity contribution >= 4 is 16.8 Å². The molecule has 3 heterocycles. The smallest absolute Gasteiger partial charge is 0.343 e. The zero-order valence-corrected chi connectivity index (χ0v) is 14.8. The minimum Gasteiger partial charge on any atom is -0.497 e. The molecule has 0 radical (unpaired) electrons. The van der Waals surface area contributed by atoms with E-state index in [-0.39, 0.29) is 17.6 Å². The first-order chi connectivity index (χ1) is 12.6. The van der Waals surface area contributed by atoms with Crippen LogP contribution in [0.25, 0.3) is 10.9 Å². The summed E-state index contributed by atoms with van der Waals surface area (Å²) >= 11 is 0. The van der Waals surface area contributed by atoms with Gasteiger partial charge in [0.15, 0.2) is 0 Å². The number of hydrogen-bond donors (Lipinski definition) is 2. The Kier molecular flexibility index (Phi) is 4.02. The lowest BCUT2D eigenvalue weighted by molar-refractivity contribution is 0.0925. The molecule has 4 rings (SSSR count). The van der Waals surface area contributed by atoms with Gasteiger partial charge in [-0.2, -0.15) is 5.10 Å². The Hall–Kier alpha value is -3.03. The molecule has 0 aliphatic carbocycles. The molecule has 0 bridgehead atoms. The fraction of sp³-hybridized carbons (Fsp3) is 0.389. The van der Waals surface area contributed by atoms with E-state index in [0.29, 0.717) is 25.1 Å². The first kappa shape index (κ1) is 16.4. The first-order valence-electron chi connectivity index (χ1n) is 8.65. The van der Waals surface area contributed by atoms with Crippen LogP contribution in [0, 0.1) is 0 Å². The molecule has 1 atom stereocenters. The largest absolute Gasteiger partial charge is 0.497 e. The van der Waals surface area contributed by atoms with Gasteiger partial charge in [0.1, 0.15) is 17.3 Å². The number of benzene rings is 1. The average Bonchev–Trinajstić information content (AvgIpc) is 3.08. The van der Waals surface area contributed by atoms with Gasteiger partial charge >= 0.3 is 5.69 Å². The fourth-order valence-corrected chi connectivity index (χ4v) is 3.58. The minimum absolute atomic E-state index is 0.0103. The summed E-state index contributed by atoms with van der Waals surface area (Å²) in [5.41, 5.74) is 1.39. The Bertz CT molecular complexity index is 1030. The van der Waals surface area contributed by atoms with Gasteiger partial charge in [0, 0.05) is 37.0 Å². The van der Waals surface area contributed by atoms with Gasteiger partial charge in [0.25, 0.3) is 5.91 Å². The molecule has 3 aromatic rings. The number of amides is 1. The topological polar surface area (TPSA) is 93.9 Å². The van der Waals surface area contributed by atoms with Gasteiger partial charge in [-0.25, -0.2) is 9.89 Å². The number of carbonyl (C=O) groups is 1. The van der Waals surface area contributed by atoms with Crippen LogP contribution in [0.5, 0.6) is 5.75 Å². The van der Waals surface area contributed by atoms with Crippen molar-refractivity contribution in [3.05, 3.63) is 46.3 Å². The van der Waals surface area contributed by atoms with E-state index in [1.54, 1.807) is 11.7 Å². The Labute approximate surface area is 149 Å². The van der Waals surface area contributed by atoms with E-state index < -0.39 is 0 Å².